The Hall–Kier alpha value is -1.63. The van der Waals surface area contributed by atoms with Gasteiger partial charge in [-0.25, -0.2) is 0 Å². The van der Waals surface area contributed by atoms with Crippen LogP contribution in [-0.4, -0.2) is 29.2 Å². The molecule has 0 radical (unpaired) electrons. The zero-order chi connectivity index (χ0) is 11.8. The Bertz CT molecular complexity index is 404. The summed E-state index contributed by atoms with van der Waals surface area (Å²) in [6.07, 6.45) is 0.697. The highest BCUT2D eigenvalue weighted by molar-refractivity contribution is 5.81. The third-order valence-corrected chi connectivity index (χ3v) is 2.97. The first-order valence-corrected chi connectivity index (χ1v) is 5.12. The van der Waals surface area contributed by atoms with Crippen molar-refractivity contribution in [3.8, 4) is 0 Å². The molecule has 1 atom stereocenters. The predicted molar refractivity (Wildman–Crippen MR) is 56.3 cm³/mol. The van der Waals surface area contributed by atoms with Crippen LogP contribution in [-0.2, 0) is 11.3 Å². The van der Waals surface area contributed by atoms with Crippen LogP contribution in [0.3, 0.4) is 0 Å². The molecule has 0 aliphatic carbocycles. The van der Waals surface area contributed by atoms with E-state index < -0.39 is 5.41 Å². The Morgan fingerprint density at radius 3 is 2.88 bits per heavy atom. The SMILES string of the molecule is CC1(C(N)=O)CCN(c2nnc(CN)o2)C1. The minimum absolute atomic E-state index is 0.216. The number of carbonyl (C=O) groups is 1. The molecule has 1 aromatic rings. The van der Waals surface area contributed by atoms with E-state index in [4.69, 9.17) is 15.9 Å². The number of anilines is 1. The van der Waals surface area contributed by atoms with Gasteiger partial charge in [0.15, 0.2) is 0 Å². The van der Waals surface area contributed by atoms with Crippen molar-refractivity contribution in [2.45, 2.75) is 19.9 Å². The fourth-order valence-corrected chi connectivity index (χ4v) is 1.78. The van der Waals surface area contributed by atoms with Crippen molar-refractivity contribution in [3.63, 3.8) is 0 Å². The van der Waals surface area contributed by atoms with Gasteiger partial charge in [-0.15, -0.1) is 5.10 Å². The van der Waals surface area contributed by atoms with Crippen molar-refractivity contribution in [2.75, 3.05) is 18.0 Å². The van der Waals surface area contributed by atoms with Gasteiger partial charge in [0.2, 0.25) is 11.8 Å². The number of carbonyl (C=O) groups excluding carboxylic acids is 1. The molecule has 1 aliphatic heterocycles. The van der Waals surface area contributed by atoms with Crippen molar-refractivity contribution in [1.29, 1.82) is 0 Å². The van der Waals surface area contributed by atoms with Crippen molar-refractivity contribution in [3.05, 3.63) is 5.89 Å². The van der Waals surface area contributed by atoms with Gasteiger partial charge in [0.05, 0.1) is 12.0 Å². The van der Waals surface area contributed by atoms with Crippen LogP contribution in [0.2, 0.25) is 0 Å². The molecule has 1 aromatic heterocycles. The molecule has 4 N–H and O–H groups in total. The Balaban J connectivity index is 2.11. The van der Waals surface area contributed by atoms with Gasteiger partial charge in [0.1, 0.15) is 0 Å². The Morgan fingerprint density at radius 1 is 1.62 bits per heavy atom. The van der Waals surface area contributed by atoms with E-state index in [0.29, 0.717) is 31.4 Å². The minimum Gasteiger partial charge on any atom is -0.407 e. The number of nitrogens with zero attached hydrogens (tertiary/aromatic N) is 3. The molecule has 2 heterocycles. The summed E-state index contributed by atoms with van der Waals surface area (Å²) < 4.78 is 5.32. The maximum absolute atomic E-state index is 11.3. The lowest BCUT2D eigenvalue weighted by molar-refractivity contribution is -0.125. The van der Waals surface area contributed by atoms with E-state index in [9.17, 15) is 4.79 Å². The quantitative estimate of drug-likeness (QED) is 0.698. The highest BCUT2D eigenvalue weighted by atomic mass is 16.4. The highest BCUT2D eigenvalue weighted by Crippen LogP contribution is 2.32. The molecule has 0 bridgehead atoms. The molecule has 0 spiro atoms. The Morgan fingerprint density at radius 2 is 2.38 bits per heavy atom. The van der Waals surface area contributed by atoms with Gasteiger partial charge in [-0.1, -0.05) is 5.10 Å². The maximum atomic E-state index is 11.3. The van der Waals surface area contributed by atoms with Crippen LogP contribution >= 0.6 is 0 Å². The lowest BCUT2D eigenvalue weighted by atomic mass is 9.89. The molecule has 1 saturated heterocycles. The molecule has 2 rings (SSSR count). The van der Waals surface area contributed by atoms with Crippen molar-refractivity contribution < 1.29 is 9.21 Å². The molecule has 88 valence electrons. The molecule has 16 heavy (non-hydrogen) atoms. The molecule has 1 amide bonds. The van der Waals surface area contributed by atoms with E-state index in [-0.39, 0.29) is 12.5 Å². The summed E-state index contributed by atoms with van der Waals surface area (Å²) >= 11 is 0. The zero-order valence-electron chi connectivity index (χ0n) is 9.14. The number of hydrogen-bond donors (Lipinski definition) is 2. The van der Waals surface area contributed by atoms with Gasteiger partial charge in [-0.3, -0.25) is 4.79 Å². The normalized spacial score (nSPS) is 25.0. The fraction of sp³-hybridized carbons (Fsp3) is 0.667. The van der Waals surface area contributed by atoms with Crippen LogP contribution in [0, 0.1) is 5.41 Å². The molecule has 0 aromatic carbocycles. The second-order valence-electron chi connectivity index (χ2n) is 4.28. The topological polar surface area (TPSA) is 111 Å². The van der Waals surface area contributed by atoms with E-state index >= 15 is 0 Å². The molecule has 1 unspecified atom stereocenters. The van der Waals surface area contributed by atoms with E-state index in [1.807, 2.05) is 11.8 Å². The molecule has 7 nitrogen and oxygen atoms in total. The standard InChI is InChI=1S/C9H15N5O2/c1-9(7(11)15)2-3-14(5-9)8-13-12-6(4-10)16-8/h2-5,10H2,1H3,(H2,11,15). The summed E-state index contributed by atoms with van der Waals surface area (Å²) in [6.45, 7) is 3.25. The maximum Gasteiger partial charge on any atom is 0.318 e. The van der Waals surface area contributed by atoms with Crippen LogP contribution < -0.4 is 16.4 Å². The van der Waals surface area contributed by atoms with Crippen LogP contribution in [0.15, 0.2) is 4.42 Å². The number of aromatic nitrogens is 2. The number of nitrogens with two attached hydrogens (primary N) is 2. The molecule has 1 aliphatic rings. The second-order valence-corrected chi connectivity index (χ2v) is 4.28. The van der Waals surface area contributed by atoms with Gasteiger partial charge < -0.3 is 20.8 Å². The summed E-state index contributed by atoms with van der Waals surface area (Å²) in [5, 5.41) is 7.64. The molecular weight excluding hydrogens is 210 g/mol. The van der Waals surface area contributed by atoms with E-state index in [2.05, 4.69) is 10.2 Å². The second kappa shape index (κ2) is 3.75. The Kier molecular flexibility index (Phi) is 2.55. The molecular formula is C9H15N5O2. The third-order valence-electron chi connectivity index (χ3n) is 2.97. The van der Waals surface area contributed by atoms with Gasteiger partial charge >= 0.3 is 6.01 Å². The predicted octanol–water partition coefficient (Wildman–Crippen LogP) is -0.770. The van der Waals surface area contributed by atoms with Gasteiger partial charge in [0.25, 0.3) is 0 Å². The van der Waals surface area contributed by atoms with Crippen molar-refractivity contribution in [2.24, 2.45) is 16.9 Å². The average molecular weight is 225 g/mol. The molecule has 0 saturated carbocycles. The Labute approximate surface area is 92.8 Å². The first kappa shape index (κ1) is 10.9. The monoisotopic (exact) mass is 225 g/mol. The number of primary amides is 1. The first-order valence-electron chi connectivity index (χ1n) is 5.12. The lowest BCUT2D eigenvalue weighted by Crippen LogP contribution is -2.37. The average Bonchev–Trinajstić information content (AvgIpc) is 2.84. The third kappa shape index (κ3) is 1.73. The lowest BCUT2D eigenvalue weighted by Gasteiger charge is -2.19. The van der Waals surface area contributed by atoms with E-state index in [1.54, 1.807) is 0 Å². The van der Waals surface area contributed by atoms with Crippen LogP contribution in [0.4, 0.5) is 6.01 Å². The largest absolute Gasteiger partial charge is 0.407 e. The van der Waals surface area contributed by atoms with Crippen LogP contribution in [0.5, 0.6) is 0 Å². The zero-order valence-corrected chi connectivity index (χ0v) is 9.14. The molecule has 1 fully saturated rings. The number of amides is 1. The fourth-order valence-electron chi connectivity index (χ4n) is 1.78. The summed E-state index contributed by atoms with van der Waals surface area (Å²) in [5.41, 5.74) is 10.2. The van der Waals surface area contributed by atoms with E-state index in [1.165, 1.54) is 0 Å². The number of rotatable bonds is 3. The highest BCUT2D eigenvalue weighted by Gasteiger charge is 2.40. The summed E-state index contributed by atoms with van der Waals surface area (Å²) in [4.78, 5) is 13.1. The van der Waals surface area contributed by atoms with Gasteiger partial charge in [-0.2, -0.15) is 0 Å². The van der Waals surface area contributed by atoms with E-state index in [0.717, 1.165) is 0 Å². The van der Waals surface area contributed by atoms with Gasteiger partial charge in [0, 0.05) is 13.1 Å². The van der Waals surface area contributed by atoms with Crippen molar-refractivity contribution in [1.82, 2.24) is 10.2 Å². The van der Waals surface area contributed by atoms with Crippen LogP contribution in [0.1, 0.15) is 19.2 Å². The number of hydrogen-bond acceptors (Lipinski definition) is 6. The summed E-state index contributed by atoms with van der Waals surface area (Å²) in [5.74, 6) is 0.0937. The summed E-state index contributed by atoms with van der Waals surface area (Å²) in [7, 11) is 0. The van der Waals surface area contributed by atoms with Crippen LogP contribution in [0.25, 0.3) is 0 Å². The smallest absolute Gasteiger partial charge is 0.318 e. The minimum atomic E-state index is -0.517. The summed E-state index contributed by atoms with van der Waals surface area (Å²) in [6, 6.07) is 0.408. The first-order chi connectivity index (χ1) is 7.55. The van der Waals surface area contributed by atoms with Crippen molar-refractivity contribution >= 4 is 11.9 Å². The van der Waals surface area contributed by atoms with Gasteiger partial charge in [-0.05, 0) is 13.3 Å². The molecule has 7 heteroatoms.